The summed E-state index contributed by atoms with van der Waals surface area (Å²) in [6.07, 6.45) is 4.50. The van der Waals surface area contributed by atoms with Crippen LogP contribution >= 0.6 is 0 Å². The van der Waals surface area contributed by atoms with E-state index in [4.69, 9.17) is 0 Å². The Morgan fingerprint density at radius 2 is 1.93 bits per heavy atom. The van der Waals surface area contributed by atoms with Gasteiger partial charge in [0.25, 0.3) is 5.91 Å². The lowest BCUT2D eigenvalue weighted by molar-refractivity contribution is 0.0636. The fraction of sp³-hybridized carbons (Fsp3) is 0.318. The molecule has 1 fully saturated rings. The number of amides is 1. The fourth-order valence-electron chi connectivity index (χ4n) is 3.79. The summed E-state index contributed by atoms with van der Waals surface area (Å²) >= 11 is 0. The van der Waals surface area contributed by atoms with Crippen LogP contribution in [0.15, 0.2) is 36.5 Å². The molecule has 2 aromatic heterocycles. The average Bonchev–Trinajstić information content (AvgIpc) is 2.67. The van der Waals surface area contributed by atoms with Crippen LogP contribution in [0.5, 0.6) is 0 Å². The van der Waals surface area contributed by atoms with E-state index in [1.807, 2.05) is 30.9 Å². The highest BCUT2D eigenvalue weighted by Crippen LogP contribution is 2.31. The van der Waals surface area contributed by atoms with Crippen molar-refractivity contribution in [2.24, 2.45) is 0 Å². The van der Waals surface area contributed by atoms with Gasteiger partial charge in [0.05, 0.1) is 11.3 Å². The molecule has 4 rings (SSSR count). The minimum absolute atomic E-state index is 0.127. The highest BCUT2D eigenvalue weighted by Gasteiger charge is 2.27. The number of piperidine rings is 1. The number of carbonyl (C=O) groups is 1. The second-order valence-electron chi connectivity index (χ2n) is 7.50. The van der Waals surface area contributed by atoms with E-state index in [9.17, 15) is 13.6 Å². The third kappa shape index (κ3) is 3.90. The molecule has 0 spiro atoms. The third-order valence-electron chi connectivity index (χ3n) is 5.30. The molecular formula is C22H22F2N4O. The summed E-state index contributed by atoms with van der Waals surface area (Å²) < 4.78 is 27.4. The first kappa shape index (κ1) is 19.2. The summed E-state index contributed by atoms with van der Waals surface area (Å²) in [4.78, 5) is 24.0. The van der Waals surface area contributed by atoms with Crippen molar-refractivity contribution in [3.63, 3.8) is 0 Å². The van der Waals surface area contributed by atoms with Crippen LogP contribution in [0, 0.1) is 18.6 Å². The van der Waals surface area contributed by atoms with Gasteiger partial charge in [-0.25, -0.2) is 18.7 Å². The van der Waals surface area contributed by atoms with E-state index in [2.05, 4.69) is 15.3 Å². The summed E-state index contributed by atoms with van der Waals surface area (Å²) in [5.41, 5.74) is 2.29. The summed E-state index contributed by atoms with van der Waals surface area (Å²) in [6.45, 7) is 4.56. The van der Waals surface area contributed by atoms with Crippen LogP contribution in [0.2, 0.25) is 0 Å². The monoisotopic (exact) mass is 396 g/mol. The number of aromatic nitrogens is 2. The summed E-state index contributed by atoms with van der Waals surface area (Å²) in [6, 6.07) is 6.95. The van der Waals surface area contributed by atoms with Crippen molar-refractivity contribution < 1.29 is 13.6 Å². The van der Waals surface area contributed by atoms with Crippen LogP contribution in [-0.2, 0) is 0 Å². The first-order valence-corrected chi connectivity index (χ1v) is 9.73. The first-order valence-electron chi connectivity index (χ1n) is 9.73. The molecule has 0 saturated carbocycles. The molecule has 7 heteroatoms. The highest BCUT2D eigenvalue weighted by molar-refractivity contribution is 6.07. The Kier molecular flexibility index (Phi) is 5.13. The van der Waals surface area contributed by atoms with Gasteiger partial charge in [0.15, 0.2) is 5.65 Å². The van der Waals surface area contributed by atoms with Gasteiger partial charge in [0, 0.05) is 41.6 Å². The normalized spacial score (nSPS) is 16.8. The number of likely N-dealkylation sites (tertiary alicyclic amines) is 1. The van der Waals surface area contributed by atoms with Gasteiger partial charge in [-0.2, -0.15) is 0 Å². The topological polar surface area (TPSA) is 58.1 Å². The van der Waals surface area contributed by atoms with Gasteiger partial charge in [-0.1, -0.05) is 0 Å². The number of carbonyl (C=O) groups excluding carboxylic acids is 1. The van der Waals surface area contributed by atoms with Gasteiger partial charge in [-0.15, -0.1) is 0 Å². The van der Waals surface area contributed by atoms with E-state index in [0.29, 0.717) is 28.8 Å². The fourth-order valence-corrected chi connectivity index (χ4v) is 3.79. The quantitative estimate of drug-likeness (QED) is 0.679. The zero-order chi connectivity index (χ0) is 20.5. The standard InChI is InChI=1S/C22H22F2N4O/c1-13-6-7-18-20(27-17-10-15(23)9-16(24)11-17)19(12-25-21(18)26-13)22(29)28-8-4-3-5-14(28)2/h6-7,9-12,14H,3-5,8H2,1-2H3,(H,25,26,27)/t14-/m0/s1. The van der Waals surface area contributed by atoms with Crippen LogP contribution in [0.1, 0.15) is 42.2 Å². The number of benzene rings is 1. The van der Waals surface area contributed by atoms with Gasteiger partial charge in [0.2, 0.25) is 0 Å². The number of hydrogen-bond acceptors (Lipinski definition) is 4. The second kappa shape index (κ2) is 7.73. The Bertz CT molecular complexity index is 1070. The van der Waals surface area contributed by atoms with Crippen molar-refractivity contribution >= 4 is 28.3 Å². The number of anilines is 2. The SMILES string of the molecule is Cc1ccc2c(Nc3cc(F)cc(F)c3)c(C(=O)N3CCCC[C@@H]3C)cnc2n1. The molecule has 1 N–H and O–H groups in total. The van der Waals surface area contributed by atoms with Crippen LogP contribution in [0.4, 0.5) is 20.2 Å². The molecule has 0 bridgehead atoms. The molecule has 1 atom stereocenters. The lowest BCUT2D eigenvalue weighted by Gasteiger charge is -2.34. The Morgan fingerprint density at radius 1 is 1.17 bits per heavy atom. The van der Waals surface area contributed by atoms with E-state index >= 15 is 0 Å². The molecule has 3 aromatic rings. The van der Waals surface area contributed by atoms with Gasteiger partial charge in [-0.05, 0) is 57.4 Å². The zero-order valence-corrected chi connectivity index (χ0v) is 16.4. The minimum atomic E-state index is -0.697. The number of aryl methyl sites for hydroxylation is 1. The molecule has 1 aliphatic heterocycles. The van der Waals surface area contributed by atoms with Crippen molar-refractivity contribution in [1.29, 1.82) is 0 Å². The molecule has 1 amide bonds. The third-order valence-corrected chi connectivity index (χ3v) is 5.30. The summed E-state index contributed by atoms with van der Waals surface area (Å²) in [5.74, 6) is -1.54. The van der Waals surface area contributed by atoms with Gasteiger partial charge >= 0.3 is 0 Å². The molecule has 1 aliphatic rings. The number of pyridine rings is 2. The molecule has 5 nitrogen and oxygen atoms in total. The molecule has 1 saturated heterocycles. The second-order valence-corrected chi connectivity index (χ2v) is 7.50. The summed E-state index contributed by atoms with van der Waals surface area (Å²) in [7, 11) is 0. The highest BCUT2D eigenvalue weighted by atomic mass is 19.1. The predicted octanol–water partition coefficient (Wildman–Crippen LogP) is 4.97. The van der Waals surface area contributed by atoms with Crippen molar-refractivity contribution in [2.75, 3.05) is 11.9 Å². The predicted molar refractivity (Wildman–Crippen MR) is 108 cm³/mol. The van der Waals surface area contributed by atoms with Crippen LogP contribution < -0.4 is 5.32 Å². The van der Waals surface area contributed by atoms with Gasteiger partial charge in [0.1, 0.15) is 11.6 Å². The Balaban J connectivity index is 1.84. The molecule has 0 radical (unpaired) electrons. The molecular weight excluding hydrogens is 374 g/mol. The number of halogens is 2. The largest absolute Gasteiger partial charge is 0.354 e. The lowest BCUT2D eigenvalue weighted by atomic mass is 10.0. The molecule has 0 unspecified atom stereocenters. The number of nitrogens with one attached hydrogen (secondary N) is 1. The Morgan fingerprint density at radius 3 is 2.66 bits per heavy atom. The maximum absolute atomic E-state index is 13.7. The minimum Gasteiger partial charge on any atom is -0.354 e. The first-order chi connectivity index (χ1) is 13.9. The smallest absolute Gasteiger partial charge is 0.257 e. The van der Waals surface area contributed by atoms with Crippen molar-refractivity contribution in [1.82, 2.24) is 14.9 Å². The van der Waals surface area contributed by atoms with Crippen molar-refractivity contribution in [2.45, 2.75) is 39.2 Å². The zero-order valence-electron chi connectivity index (χ0n) is 16.4. The van der Waals surface area contributed by atoms with Crippen molar-refractivity contribution in [3.05, 3.63) is 59.4 Å². The van der Waals surface area contributed by atoms with Gasteiger partial charge < -0.3 is 10.2 Å². The van der Waals surface area contributed by atoms with Crippen LogP contribution in [-0.4, -0.2) is 33.4 Å². The molecule has 1 aromatic carbocycles. The number of nitrogens with zero attached hydrogens (tertiary/aromatic N) is 3. The number of rotatable bonds is 3. The average molecular weight is 396 g/mol. The van der Waals surface area contributed by atoms with E-state index in [1.165, 1.54) is 18.3 Å². The van der Waals surface area contributed by atoms with Gasteiger partial charge in [-0.3, -0.25) is 4.79 Å². The summed E-state index contributed by atoms with van der Waals surface area (Å²) in [5, 5.41) is 3.67. The number of fused-ring (bicyclic) bond motifs is 1. The van der Waals surface area contributed by atoms with E-state index in [-0.39, 0.29) is 17.6 Å². The molecule has 150 valence electrons. The molecule has 0 aliphatic carbocycles. The maximum Gasteiger partial charge on any atom is 0.257 e. The van der Waals surface area contributed by atoms with Crippen molar-refractivity contribution in [3.8, 4) is 0 Å². The lowest BCUT2D eigenvalue weighted by Crippen LogP contribution is -2.42. The van der Waals surface area contributed by atoms with Crippen LogP contribution in [0.3, 0.4) is 0 Å². The van der Waals surface area contributed by atoms with E-state index < -0.39 is 11.6 Å². The van der Waals surface area contributed by atoms with E-state index in [1.54, 1.807) is 0 Å². The number of hydrogen-bond donors (Lipinski definition) is 1. The van der Waals surface area contributed by atoms with E-state index in [0.717, 1.165) is 31.0 Å². The molecule has 3 heterocycles. The Labute approximate surface area is 167 Å². The van der Waals surface area contributed by atoms with Crippen LogP contribution in [0.25, 0.3) is 11.0 Å². The maximum atomic E-state index is 13.7. The Hall–Kier alpha value is -3.09. The molecule has 29 heavy (non-hydrogen) atoms.